The number of benzene rings is 2. The molecule has 1 N–H and O–H groups in total. The van der Waals surface area contributed by atoms with E-state index in [0.717, 1.165) is 35.6 Å². The van der Waals surface area contributed by atoms with Crippen molar-refractivity contribution in [2.75, 3.05) is 6.54 Å². The summed E-state index contributed by atoms with van der Waals surface area (Å²) in [4.78, 5) is 7.47. The molecule has 2 aromatic carbocycles. The van der Waals surface area contributed by atoms with Crippen LogP contribution in [0.4, 0.5) is 5.69 Å². The predicted octanol–water partition coefficient (Wildman–Crippen LogP) is 6.43. The second-order valence-electron chi connectivity index (χ2n) is 6.31. The quantitative estimate of drug-likeness (QED) is 0.582. The summed E-state index contributed by atoms with van der Waals surface area (Å²) < 4.78 is 0. The average Bonchev–Trinajstić information content (AvgIpc) is 2.80. The van der Waals surface area contributed by atoms with Gasteiger partial charge in [0, 0.05) is 33.3 Å². The molecule has 130 valence electrons. The topological polar surface area (TPSA) is 24.4 Å². The standard InChI is InChI=1S/C22H26N2S/c1-4-6-9-14-23-16(3)17-12-13-22-20(15-17)24-19(5-2)18-10-7-8-11-21(18)25-22/h7-8,10-13,15,23H,3-6,9,14H2,1-2H3. The van der Waals surface area contributed by atoms with Crippen LogP contribution in [0.2, 0.25) is 0 Å². The first-order valence-corrected chi connectivity index (χ1v) is 9.96. The highest BCUT2D eigenvalue weighted by molar-refractivity contribution is 7.99. The van der Waals surface area contributed by atoms with Gasteiger partial charge < -0.3 is 5.32 Å². The summed E-state index contributed by atoms with van der Waals surface area (Å²) in [7, 11) is 0. The summed E-state index contributed by atoms with van der Waals surface area (Å²) >= 11 is 1.80. The van der Waals surface area contributed by atoms with Crippen molar-refractivity contribution in [2.24, 2.45) is 4.99 Å². The Kier molecular flexibility index (Phi) is 5.98. The Morgan fingerprint density at radius 2 is 1.92 bits per heavy atom. The highest BCUT2D eigenvalue weighted by atomic mass is 32.2. The second-order valence-corrected chi connectivity index (χ2v) is 7.39. The molecule has 0 fully saturated rings. The van der Waals surface area contributed by atoms with Crippen molar-refractivity contribution >= 4 is 28.9 Å². The lowest BCUT2D eigenvalue weighted by Gasteiger charge is -2.11. The zero-order valence-corrected chi connectivity index (χ0v) is 16.0. The number of nitrogens with one attached hydrogen (secondary N) is 1. The number of fused-ring (bicyclic) bond motifs is 2. The number of unbranched alkanes of at least 4 members (excludes halogenated alkanes) is 2. The third kappa shape index (κ3) is 4.16. The fourth-order valence-electron chi connectivity index (χ4n) is 2.98. The molecule has 3 rings (SSSR count). The van der Waals surface area contributed by atoms with E-state index in [-0.39, 0.29) is 0 Å². The van der Waals surface area contributed by atoms with Crippen LogP contribution in [0, 0.1) is 0 Å². The van der Waals surface area contributed by atoms with E-state index in [1.165, 1.54) is 34.6 Å². The average molecular weight is 351 g/mol. The minimum absolute atomic E-state index is 0.928. The first kappa shape index (κ1) is 17.8. The molecule has 0 saturated heterocycles. The van der Waals surface area contributed by atoms with Crippen molar-refractivity contribution < 1.29 is 0 Å². The van der Waals surface area contributed by atoms with Crippen molar-refractivity contribution in [3.8, 4) is 0 Å². The van der Waals surface area contributed by atoms with Crippen LogP contribution in [0.3, 0.4) is 0 Å². The Balaban J connectivity index is 1.86. The largest absolute Gasteiger partial charge is 0.385 e. The van der Waals surface area contributed by atoms with Gasteiger partial charge in [-0.2, -0.15) is 0 Å². The molecule has 0 unspecified atom stereocenters. The molecule has 0 saturated carbocycles. The molecule has 0 radical (unpaired) electrons. The molecule has 0 bridgehead atoms. The van der Waals surface area contributed by atoms with Gasteiger partial charge in [0.25, 0.3) is 0 Å². The van der Waals surface area contributed by atoms with Gasteiger partial charge in [0.15, 0.2) is 0 Å². The molecular formula is C22H26N2S. The Bertz CT molecular complexity index is 792. The van der Waals surface area contributed by atoms with Crippen molar-refractivity contribution in [3.05, 3.63) is 60.2 Å². The zero-order valence-electron chi connectivity index (χ0n) is 15.1. The third-order valence-electron chi connectivity index (χ3n) is 4.43. The fourth-order valence-corrected chi connectivity index (χ4v) is 4.01. The smallest absolute Gasteiger partial charge is 0.0779 e. The van der Waals surface area contributed by atoms with E-state index in [1.807, 2.05) is 0 Å². The van der Waals surface area contributed by atoms with Crippen LogP contribution in [0.1, 0.15) is 50.7 Å². The summed E-state index contributed by atoms with van der Waals surface area (Å²) in [6.07, 6.45) is 4.60. The van der Waals surface area contributed by atoms with E-state index >= 15 is 0 Å². The first-order valence-electron chi connectivity index (χ1n) is 9.15. The maximum atomic E-state index is 4.98. The molecule has 0 aromatic heterocycles. The predicted molar refractivity (Wildman–Crippen MR) is 110 cm³/mol. The number of nitrogens with zero attached hydrogens (tertiary/aromatic N) is 1. The van der Waals surface area contributed by atoms with Gasteiger partial charge in [-0.15, -0.1) is 0 Å². The minimum Gasteiger partial charge on any atom is -0.385 e. The molecule has 1 aliphatic rings. The van der Waals surface area contributed by atoms with Gasteiger partial charge in [-0.25, -0.2) is 0 Å². The van der Waals surface area contributed by atoms with Gasteiger partial charge in [0.1, 0.15) is 0 Å². The Labute approximate surface area is 155 Å². The van der Waals surface area contributed by atoms with E-state index < -0.39 is 0 Å². The number of hydrogen-bond donors (Lipinski definition) is 1. The van der Waals surface area contributed by atoms with Gasteiger partial charge in [-0.05, 0) is 36.6 Å². The van der Waals surface area contributed by atoms with Crippen molar-refractivity contribution in [1.82, 2.24) is 5.32 Å². The highest BCUT2D eigenvalue weighted by Gasteiger charge is 2.16. The molecule has 3 heteroatoms. The van der Waals surface area contributed by atoms with Crippen LogP contribution >= 0.6 is 11.8 Å². The molecule has 2 aromatic rings. The van der Waals surface area contributed by atoms with Gasteiger partial charge in [0.05, 0.1) is 5.69 Å². The van der Waals surface area contributed by atoms with Crippen LogP contribution in [0.5, 0.6) is 0 Å². The van der Waals surface area contributed by atoms with Gasteiger partial charge >= 0.3 is 0 Å². The molecular weight excluding hydrogens is 324 g/mol. The second kappa shape index (κ2) is 8.39. The van der Waals surface area contributed by atoms with Crippen molar-refractivity contribution in [2.45, 2.75) is 49.3 Å². The van der Waals surface area contributed by atoms with Gasteiger partial charge in [-0.1, -0.05) is 69.3 Å². The highest BCUT2D eigenvalue weighted by Crippen LogP contribution is 2.41. The number of rotatable bonds is 7. The first-order chi connectivity index (χ1) is 12.2. The number of hydrogen-bond acceptors (Lipinski definition) is 3. The van der Waals surface area contributed by atoms with Crippen LogP contribution < -0.4 is 5.32 Å². The van der Waals surface area contributed by atoms with Crippen LogP contribution in [0.25, 0.3) is 5.70 Å². The van der Waals surface area contributed by atoms with Crippen molar-refractivity contribution in [3.63, 3.8) is 0 Å². The lowest BCUT2D eigenvalue weighted by molar-refractivity contribution is 0.689. The summed E-state index contributed by atoms with van der Waals surface area (Å²) in [5.41, 5.74) is 5.57. The van der Waals surface area contributed by atoms with Crippen LogP contribution in [0.15, 0.2) is 63.8 Å². The summed E-state index contributed by atoms with van der Waals surface area (Å²) in [5, 5.41) is 3.45. The lowest BCUT2D eigenvalue weighted by Crippen LogP contribution is -2.12. The Hall–Kier alpha value is -2.00. The minimum atomic E-state index is 0.928. The number of aliphatic imine (C=N–C) groups is 1. The molecule has 0 spiro atoms. The molecule has 1 heterocycles. The summed E-state index contributed by atoms with van der Waals surface area (Å²) in [5.74, 6) is 0. The third-order valence-corrected chi connectivity index (χ3v) is 5.58. The monoisotopic (exact) mass is 350 g/mol. The van der Waals surface area contributed by atoms with E-state index in [2.05, 4.69) is 68.2 Å². The maximum absolute atomic E-state index is 4.98. The molecule has 0 atom stereocenters. The van der Waals surface area contributed by atoms with Gasteiger partial charge in [-0.3, -0.25) is 4.99 Å². The lowest BCUT2D eigenvalue weighted by atomic mass is 10.1. The maximum Gasteiger partial charge on any atom is 0.0779 e. The van der Waals surface area contributed by atoms with E-state index in [1.54, 1.807) is 11.8 Å². The Morgan fingerprint density at radius 1 is 1.08 bits per heavy atom. The van der Waals surface area contributed by atoms with E-state index in [9.17, 15) is 0 Å². The van der Waals surface area contributed by atoms with E-state index in [4.69, 9.17) is 4.99 Å². The van der Waals surface area contributed by atoms with Crippen LogP contribution in [-0.4, -0.2) is 12.3 Å². The summed E-state index contributed by atoms with van der Waals surface area (Å²) in [6, 6.07) is 15.0. The molecule has 1 aliphatic heterocycles. The zero-order chi connectivity index (χ0) is 17.6. The molecule has 0 aliphatic carbocycles. The molecule has 2 nitrogen and oxygen atoms in total. The summed E-state index contributed by atoms with van der Waals surface area (Å²) in [6.45, 7) is 9.58. The van der Waals surface area contributed by atoms with Crippen molar-refractivity contribution in [1.29, 1.82) is 0 Å². The normalized spacial score (nSPS) is 12.6. The van der Waals surface area contributed by atoms with E-state index in [0.29, 0.717) is 0 Å². The molecule has 0 amide bonds. The fraction of sp³-hybridized carbons (Fsp3) is 0.318. The van der Waals surface area contributed by atoms with Crippen LogP contribution in [-0.2, 0) is 0 Å². The van der Waals surface area contributed by atoms with Gasteiger partial charge in [0.2, 0.25) is 0 Å². The Morgan fingerprint density at radius 3 is 2.72 bits per heavy atom. The SMILES string of the molecule is C=C(NCCCCC)c1ccc2c(c1)N=C(CC)c1ccccc1S2. The molecule has 25 heavy (non-hydrogen) atoms.